The molecule has 25 heavy (non-hydrogen) atoms. The standard InChI is InChI=1S/C20H21NO4/c1-14(2)18(21-19(23)16-11-7-4-8-12-16)20(24)25-13-17(22)15-9-5-3-6-10-15/h3-12,14,18H,13H2,1-2H3,(H,21,23)/t18-/m0/s1. The molecule has 2 aromatic rings. The molecular weight excluding hydrogens is 318 g/mol. The van der Waals surface area contributed by atoms with Gasteiger partial charge in [-0.3, -0.25) is 9.59 Å². The van der Waals surface area contributed by atoms with Crippen LogP contribution in [0.3, 0.4) is 0 Å². The number of Topliss-reactive ketones (excluding diaryl/α,β-unsaturated/α-hetero) is 1. The lowest BCUT2D eigenvalue weighted by molar-refractivity contribution is -0.145. The van der Waals surface area contributed by atoms with Gasteiger partial charge in [0.05, 0.1) is 0 Å². The first-order valence-electron chi connectivity index (χ1n) is 8.10. The van der Waals surface area contributed by atoms with Crippen molar-refractivity contribution in [3.8, 4) is 0 Å². The SMILES string of the molecule is CC(C)[C@H](NC(=O)c1ccccc1)C(=O)OCC(=O)c1ccccc1. The topological polar surface area (TPSA) is 72.5 Å². The van der Waals surface area contributed by atoms with Crippen molar-refractivity contribution < 1.29 is 19.1 Å². The monoisotopic (exact) mass is 339 g/mol. The Kier molecular flexibility index (Phi) is 6.46. The summed E-state index contributed by atoms with van der Waals surface area (Å²) in [7, 11) is 0. The van der Waals surface area contributed by atoms with Crippen LogP contribution in [0.2, 0.25) is 0 Å². The lowest BCUT2D eigenvalue weighted by Crippen LogP contribution is -2.45. The minimum absolute atomic E-state index is 0.174. The molecule has 0 aromatic heterocycles. The van der Waals surface area contributed by atoms with E-state index in [0.717, 1.165) is 0 Å². The van der Waals surface area contributed by atoms with Gasteiger partial charge in [-0.05, 0) is 18.1 Å². The van der Waals surface area contributed by atoms with Crippen molar-refractivity contribution in [1.29, 1.82) is 0 Å². The van der Waals surface area contributed by atoms with Gasteiger partial charge >= 0.3 is 5.97 Å². The molecule has 1 amide bonds. The van der Waals surface area contributed by atoms with Crippen molar-refractivity contribution in [3.05, 3.63) is 71.8 Å². The Morgan fingerprint density at radius 3 is 1.92 bits per heavy atom. The van der Waals surface area contributed by atoms with Gasteiger partial charge in [-0.1, -0.05) is 62.4 Å². The van der Waals surface area contributed by atoms with Crippen LogP contribution < -0.4 is 5.32 Å². The zero-order valence-corrected chi connectivity index (χ0v) is 14.3. The van der Waals surface area contributed by atoms with Gasteiger partial charge in [0, 0.05) is 11.1 Å². The third-order valence-electron chi connectivity index (χ3n) is 3.68. The van der Waals surface area contributed by atoms with E-state index in [4.69, 9.17) is 4.74 Å². The molecule has 0 saturated heterocycles. The number of hydrogen-bond acceptors (Lipinski definition) is 4. The Balaban J connectivity index is 1.96. The van der Waals surface area contributed by atoms with E-state index in [9.17, 15) is 14.4 Å². The second-order valence-corrected chi connectivity index (χ2v) is 5.96. The molecular formula is C20H21NO4. The van der Waals surface area contributed by atoms with E-state index < -0.39 is 12.0 Å². The van der Waals surface area contributed by atoms with Crippen LogP contribution in [0.25, 0.3) is 0 Å². The minimum Gasteiger partial charge on any atom is -0.456 e. The smallest absolute Gasteiger partial charge is 0.329 e. The summed E-state index contributed by atoms with van der Waals surface area (Å²) >= 11 is 0. The predicted octanol–water partition coefficient (Wildman–Crippen LogP) is 2.87. The molecule has 0 fully saturated rings. The molecule has 0 heterocycles. The Morgan fingerprint density at radius 1 is 0.880 bits per heavy atom. The molecule has 0 radical (unpaired) electrons. The van der Waals surface area contributed by atoms with Gasteiger partial charge in [0.25, 0.3) is 5.91 Å². The molecule has 2 rings (SSSR count). The van der Waals surface area contributed by atoms with E-state index in [2.05, 4.69) is 5.32 Å². The van der Waals surface area contributed by atoms with Crippen molar-refractivity contribution in [2.75, 3.05) is 6.61 Å². The molecule has 0 aliphatic rings. The molecule has 0 bridgehead atoms. The number of carbonyl (C=O) groups excluding carboxylic acids is 3. The highest BCUT2D eigenvalue weighted by Crippen LogP contribution is 2.08. The largest absolute Gasteiger partial charge is 0.456 e. The number of carbonyl (C=O) groups is 3. The fourth-order valence-corrected chi connectivity index (χ4v) is 2.25. The summed E-state index contributed by atoms with van der Waals surface area (Å²) in [6.45, 7) is 3.25. The Bertz CT molecular complexity index is 726. The van der Waals surface area contributed by atoms with E-state index in [1.165, 1.54) is 0 Å². The first kappa shape index (κ1) is 18.4. The van der Waals surface area contributed by atoms with Crippen LogP contribution in [-0.4, -0.2) is 30.3 Å². The van der Waals surface area contributed by atoms with Gasteiger partial charge in [0.2, 0.25) is 0 Å². The Morgan fingerprint density at radius 2 is 1.40 bits per heavy atom. The highest BCUT2D eigenvalue weighted by molar-refractivity contribution is 5.99. The zero-order valence-electron chi connectivity index (χ0n) is 14.3. The van der Waals surface area contributed by atoms with Crippen LogP contribution in [0, 0.1) is 5.92 Å². The number of hydrogen-bond donors (Lipinski definition) is 1. The van der Waals surface area contributed by atoms with Gasteiger partial charge in [0.1, 0.15) is 6.04 Å². The summed E-state index contributed by atoms with van der Waals surface area (Å²) in [5, 5.41) is 2.67. The summed E-state index contributed by atoms with van der Waals surface area (Å²) in [6.07, 6.45) is 0. The van der Waals surface area contributed by atoms with Gasteiger partial charge in [-0.15, -0.1) is 0 Å². The second-order valence-electron chi connectivity index (χ2n) is 5.96. The van der Waals surface area contributed by atoms with E-state index in [-0.39, 0.29) is 24.2 Å². The van der Waals surface area contributed by atoms with E-state index >= 15 is 0 Å². The molecule has 0 unspecified atom stereocenters. The van der Waals surface area contributed by atoms with Crippen molar-refractivity contribution in [2.45, 2.75) is 19.9 Å². The van der Waals surface area contributed by atoms with Gasteiger partial charge in [-0.25, -0.2) is 4.79 Å². The lowest BCUT2D eigenvalue weighted by Gasteiger charge is -2.20. The molecule has 0 spiro atoms. The molecule has 5 nitrogen and oxygen atoms in total. The first-order valence-corrected chi connectivity index (χ1v) is 8.10. The number of amides is 1. The highest BCUT2D eigenvalue weighted by Gasteiger charge is 2.26. The average Bonchev–Trinajstić information content (AvgIpc) is 2.64. The molecule has 130 valence electrons. The summed E-state index contributed by atoms with van der Waals surface area (Å²) in [5.41, 5.74) is 0.936. The van der Waals surface area contributed by atoms with Crippen LogP contribution in [0.15, 0.2) is 60.7 Å². The van der Waals surface area contributed by atoms with E-state index in [0.29, 0.717) is 11.1 Å². The Hall–Kier alpha value is -2.95. The third-order valence-corrected chi connectivity index (χ3v) is 3.68. The molecule has 5 heteroatoms. The number of nitrogens with one attached hydrogen (secondary N) is 1. The molecule has 0 aliphatic heterocycles. The maximum atomic E-state index is 12.3. The van der Waals surface area contributed by atoms with Gasteiger partial charge < -0.3 is 10.1 Å². The number of benzene rings is 2. The fraction of sp³-hybridized carbons (Fsp3) is 0.250. The quantitative estimate of drug-likeness (QED) is 0.622. The van der Waals surface area contributed by atoms with Crippen molar-refractivity contribution in [3.63, 3.8) is 0 Å². The van der Waals surface area contributed by atoms with Crippen LogP contribution in [-0.2, 0) is 9.53 Å². The van der Waals surface area contributed by atoms with Crippen molar-refractivity contribution >= 4 is 17.7 Å². The van der Waals surface area contributed by atoms with Gasteiger partial charge in [-0.2, -0.15) is 0 Å². The van der Waals surface area contributed by atoms with E-state index in [1.807, 2.05) is 0 Å². The van der Waals surface area contributed by atoms with Gasteiger partial charge in [0.15, 0.2) is 12.4 Å². The first-order chi connectivity index (χ1) is 12.0. The fourth-order valence-electron chi connectivity index (χ4n) is 2.25. The second kappa shape index (κ2) is 8.78. The maximum Gasteiger partial charge on any atom is 0.329 e. The van der Waals surface area contributed by atoms with Crippen LogP contribution in [0.5, 0.6) is 0 Å². The van der Waals surface area contributed by atoms with Crippen LogP contribution >= 0.6 is 0 Å². The number of ether oxygens (including phenoxy) is 1. The maximum absolute atomic E-state index is 12.3. The van der Waals surface area contributed by atoms with Crippen molar-refractivity contribution in [2.24, 2.45) is 5.92 Å². The average molecular weight is 339 g/mol. The number of esters is 1. The normalized spacial score (nSPS) is 11.6. The number of rotatable bonds is 7. The van der Waals surface area contributed by atoms with Crippen molar-refractivity contribution in [1.82, 2.24) is 5.32 Å². The molecule has 1 N–H and O–H groups in total. The summed E-state index contributed by atoms with van der Waals surface area (Å²) < 4.78 is 5.12. The number of ketones is 1. The van der Waals surface area contributed by atoms with Crippen LogP contribution in [0.4, 0.5) is 0 Å². The lowest BCUT2D eigenvalue weighted by atomic mass is 10.0. The predicted molar refractivity (Wildman–Crippen MR) is 94.3 cm³/mol. The minimum atomic E-state index is -0.823. The summed E-state index contributed by atoms with van der Waals surface area (Å²) in [6, 6.07) is 16.4. The third kappa shape index (κ3) is 5.28. The molecule has 2 aromatic carbocycles. The molecule has 0 saturated carbocycles. The Labute approximate surface area is 147 Å². The zero-order chi connectivity index (χ0) is 18.2. The highest BCUT2D eigenvalue weighted by atomic mass is 16.5. The summed E-state index contributed by atoms with van der Waals surface area (Å²) in [5.74, 6) is -1.44. The van der Waals surface area contributed by atoms with E-state index in [1.54, 1.807) is 74.5 Å². The summed E-state index contributed by atoms with van der Waals surface area (Å²) in [4.78, 5) is 36.6. The van der Waals surface area contributed by atoms with Crippen LogP contribution in [0.1, 0.15) is 34.6 Å². The molecule has 0 aliphatic carbocycles. The molecule has 1 atom stereocenters.